The lowest BCUT2D eigenvalue weighted by Crippen LogP contribution is -2.36. The maximum absolute atomic E-state index is 11.5. The van der Waals surface area contributed by atoms with Crippen molar-refractivity contribution in [3.8, 4) is 5.75 Å². The fourth-order valence-electron chi connectivity index (χ4n) is 2.46. The fourth-order valence-corrected chi connectivity index (χ4v) is 2.46. The zero-order chi connectivity index (χ0) is 24.6. The molecule has 0 amide bonds. The van der Waals surface area contributed by atoms with Gasteiger partial charge >= 0.3 is 11.7 Å². The molecule has 0 aliphatic carbocycles. The Balaban J connectivity index is 0.000000293. The van der Waals surface area contributed by atoms with Gasteiger partial charge in [-0.1, -0.05) is 34.8 Å². The predicted octanol–water partition coefficient (Wildman–Crippen LogP) is 0.0960. The summed E-state index contributed by atoms with van der Waals surface area (Å²) in [6.45, 7) is -0.453. The van der Waals surface area contributed by atoms with Crippen LogP contribution in [0.25, 0.3) is 0 Å². The van der Waals surface area contributed by atoms with Gasteiger partial charge in [0.25, 0.3) is 0 Å². The first kappa shape index (κ1) is 27.7. The number of aromatic carboxylic acids is 1. The van der Waals surface area contributed by atoms with E-state index in [-0.39, 0.29) is 17.1 Å². The summed E-state index contributed by atoms with van der Waals surface area (Å²) in [5, 5.41) is 45.6. The number of aliphatic hydroxyl groups is 3. The molecular weight excluding hydrogens is 495 g/mol. The molecule has 1 aliphatic heterocycles. The smallest absolute Gasteiger partial charge is 0.351 e. The molecule has 2 aromatic rings. The lowest BCUT2D eigenvalue weighted by atomic mass is 10.1. The number of nitrogen functional groups attached to an aromatic ring is 2. The molecule has 1 aromatic heterocycles. The van der Waals surface area contributed by atoms with Gasteiger partial charge in [0, 0.05) is 18.0 Å². The van der Waals surface area contributed by atoms with Crippen LogP contribution >= 0.6 is 34.8 Å². The van der Waals surface area contributed by atoms with Crippen molar-refractivity contribution in [3.05, 3.63) is 46.5 Å². The van der Waals surface area contributed by atoms with Gasteiger partial charge in [-0.05, 0) is 18.2 Å². The number of carboxylic acids is 1. The first-order valence-corrected chi connectivity index (χ1v) is 9.91. The van der Waals surface area contributed by atoms with E-state index >= 15 is 0 Å². The summed E-state index contributed by atoms with van der Waals surface area (Å²) >= 11 is 14.4. The van der Waals surface area contributed by atoms with E-state index in [4.69, 9.17) is 66.3 Å². The lowest BCUT2D eigenvalue weighted by Gasteiger charge is -2.16. The van der Waals surface area contributed by atoms with Gasteiger partial charge in [0.2, 0.25) is 0 Å². The number of nitrogens with zero attached hydrogens (tertiary/aromatic N) is 2. The number of hydrogen-bond donors (Lipinski definition) is 7. The van der Waals surface area contributed by atoms with E-state index in [0.717, 1.165) is 4.57 Å². The molecule has 1 fully saturated rings. The number of ether oxygens (including phenoxy) is 1. The summed E-state index contributed by atoms with van der Waals surface area (Å²) in [6, 6.07) is 5.25. The molecule has 0 unspecified atom stereocenters. The number of carboxylic acid groups (broad SMARTS) is 1. The number of phenols is 1. The van der Waals surface area contributed by atoms with Crippen molar-refractivity contribution in [1.82, 2.24) is 9.55 Å². The van der Waals surface area contributed by atoms with E-state index in [1.165, 1.54) is 30.5 Å². The first-order chi connectivity index (χ1) is 14.9. The molecule has 15 heteroatoms. The molecule has 0 bridgehead atoms. The number of alkyl halides is 3. The number of anilines is 2. The summed E-state index contributed by atoms with van der Waals surface area (Å²) in [5.41, 5.74) is 10.1. The van der Waals surface area contributed by atoms with Crippen LogP contribution in [-0.4, -0.2) is 70.3 Å². The van der Waals surface area contributed by atoms with Crippen molar-refractivity contribution in [2.45, 2.75) is 28.8 Å². The highest BCUT2D eigenvalue weighted by Gasteiger charge is 2.43. The van der Waals surface area contributed by atoms with Crippen molar-refractivity contribution in [1.29, 1.82) is 0 Å². The molecule has 1 aromatic carbocycles. The Kier molecular flexibility index (Phi) is 11.0. The van der Waals surface area contributed by atoms with E-state index in [9.17, 15) is 19.8 Å². The standard InChI is InChI=1S/C9H13N3O5.C7H7NO3.CHCl3/c10-5-1-2-12(9(16)11-5)8-7(15)6(14)4(3-13)17-8;8-4-1-2-5(7(10)11)6(9)3-4;2-1(3)4/h1-2,4,6-8,13-15H,3H2,(H2,10,11,16);1-3,9H,8H2,(H,10,11);1H/t4-,6-,7+,8-;;/m1../s1. The molecule has 9 N–H and O–H groups in total. The average molecular weight is 516 g/mol. The molecule has 2 heterocycles. The molecule has 12 nitrogen and oxygen atoms in total. The minimum atomic E-state index is -1.31. The zero-order valence-corrected chi connectivity index (χ0v) is 18.4. The number of rotatable bonds is 3. The SMILES string of the molecule is ClC(Cl)Cl.Nc1ccc(C(=O)O)c(O)c1.Nc1ccn([C@@H]2O[C@H](CO)[C@@H](O)[C@@H]2O)c(=O)n1. The highest BCUT2D eigenvalue weighted by molar-refractivity contribution is 6.63. The third-order valence-electron chi connectivity index (χ3n) is 3.90. The predicted molar refractivity (Wildman–Crippen MR) is 117 cm³/mol. The van der Waals surface area contributed by atoms with Crippen molar-refractivity contribution < 1.29 is 35.1 Å². The molecule has 3 rings (SSSR count). The van der Waals surface area contributed by atoms with E-state index in [1.54, 1.807) is 0 Å². The van der Waals surface area contributed by atoms with E-state index < -0.39 is 47.1 Å². The fraction of sp³-hybridized carbons (Fsp3) is 0.353. The van der Waals surface area contributed by atoms with Crippen LogP contribution in [0.5, 0.6) is 5.75 Å². The van der Waals surface area contributed by atoms with Gasteiger partial charge in [0.1, 0.15) is 35.4 Å². The number of aromatic nitrogens is 2. The Morgan fingerprint density at radius 3 is 2.22 bits per heavy atom. The summed E-state index contributed by atoms with van der Waals surface area (Å²) in [7, 11) is 0. The van der Waals surface area contributed by atoms with Crippen LogP contribution in [0.2, 0.25) is 0 Å². The van der Waals surface area contributed by atoms with Crippen molar-refractivity contribution in [3.63, 3.8) is 0 Å². The second-order valence-electron chi connectivity index (χ2n) is 6.10. The second kappa shape index (κ2) is 12.6. The molecule has 32 heavy (non-hydrogen) atoms. The molecular formula is C17H21Cl3N4O8. The number of benzene rings is 1. The average Bonchev–Trinajstić information content (AvgIpc) is 2.96. The highest BCUT2D eigenvalue weighted by atomic mass is 35.6. The van der Waals surface area contributed by atoms with Crippen LogP contribution in [0.15, 0.2) is 35.3 Å². The van der Waals surface area contributed by atoms with Crippen LogP contribution in [0, 0.1) is 0 Å². The quantitative estimate of drug-likeness (QED) is 0.215. The zero-order valence-electron chi connectivity index (χ0n) is 16.1. The van der Waals surface area contributed by atoms with Crippen LogP contribution in [-0.2, 0) is 4.74 Å². The number of carbonyl (C=O) groups is 1. The minimum Gasteiger partial charge on any atom is -0.507 e. The van der Waals surface area contributed by atoms with Crippen LogP contribution < -0.4 is 17.2 Å². The van der Waals surface area contributed by atoms with E-state index in [0.29, 0.717) is 5.69 Å². The van der Waals surface area contributed by atoms with Gasteiger partial charge in [-0.15, -0.1) is 0 Å². The third-order valence-corrected chi connectivity index (χ3v) is 3.90. The van der Waals surface area contributed by atoms with Gasteiger partial charge in [-0.3, -0.25) is 4.57 Å². The van der Waals surface area contributed by atoms with Crippen LogP contribution in [0.1, 0.15) is 16.6 Å². The summed E-state index contributed by atoms with van der Waals surface area (Å²) in [5.74, 6) is -1.42. The Bertz CT molecular complexity index is 959. The van der Waals surface area contributed by atoms with Crippen molar-refractivity contribution in [2.24, 2.45) is 0 Å². The summed E-state index contributed by atoms with van der Waals surface area (Å²) in [4.78, 5) is 25.3. The van der Waals surface area contributed by atoms with E-state index in [2.05, 4.69) is 4.98 Å². The Hall–Kier alpha value is -2.32. The maximum Gasteiger partial charge on any atom is 0.351 e. The van der Waals surface area contributed by atoms with Crippen LogP contribution in [0.4, 0.5) is 11.5 Å². The number of halogens is 3. The molecule has 1 aliphatic rings. The van der Waals surface area contributed by atoms with Gasteiger partial charge in [0.15, 0.2) is 10.5 Å². The number of aromatic hydroxyl groups is 1. The lowest BCUT2D eigenvalue weighted by molar-refractivity contribution is -0.0549. The highest BCUT2D eigenvalue weighted by Crippen LogP contribution is 2.27. The van der Waals surface area contributed by atoms with Crippen LogP contribution in [0.3, 0.4) is 0 Å². The monoisotopic (exact) mass is 514 g/mol. The van der Waals surface area contributed by atoms with Gasteiger partial charge in [-0.2, -0.15) is 4.98 Å². The molecule has 0 radical (unpaired) electrons. The topological polar surface area (TPSA) is 214 Å². The van der Waals surface area contributed by atoms with Gasteiger partial charge < -0.3 is 41.7 Å². The number of hydrogen-bond acceptors (Lipinski definition) is 10. The third kappa shape index (κ3) is 7.98. The summed E-state index contributed by atoms with van der Waals surface area (Å²) < 4.78 is 5.44. The van der Waals surface area contributed by atoms with Gasteiger partial charge in [0.05, 0.1) is 6.61 Å². The molecule has 0 spiro atoms. The Morgan fingerprint density at radius 1 is 1.19 bits per heavy atom. The summed E-state index contributed by atoms with van der Waals surface area (Å²) in [6.07, 6.45) is -3.27. The van der Waals surface area contributed by atoms with Crippen molar-refractivity contribution in [2.75, 3.05) is 18.1 Å². The van der Waals surface area contributed by atoms with E-state index in [1.807, 2.05) is 0 Å². The second-order valence-corrected chi connectivity index (χ2v) is 8.08. The number of nitrogens with two attached hydrogens (primary N) is 2. The maximum atomic E-state index is 11.5. The Morgan fingerprint density at radius 2 is 1.78 bits per heavy atom. The number of aliphatic hydroxyl groups excluding tert-OH is 3. The largest absolute Gasteiger partial charge is 0.507 e. The molecule has 1 saturated heterocycles. The van der Waals surface area contributed by atoms with Crippen molar-refractivity contribution >= 4 is 52.3 Å². The first-order valence-electron chi connectivity index (χ1n) is 8.60. The molecule has 4 atom stereocenters. The Labute approximate surface area is 196 Å². The minimum absolute atomic E-state index is 0.0537. The molecule has 0 saturated carbocycles. The molecule has 178 valence electrons. The van der Waals surface area contributed by atoms with Gasteiger partial charge in [-0.25, -0.2) is 9.59 Å². The normalized spacial score (nSPS) is 21.8.